The first kappa shape index (κ1) is 10.4. The van der Waals surface area contributed by atoms with Gasteiger partial charge in [0.2, 0.25) is 5.88 Å². The van der Waals surface area contributed by atoms with Crippen LogP contribution in [0.15, 0.2) is 36.5 Å². The standard InChI is InChI=1S/C12H10FNO2/c1-16-12-10(3-2-6-14-12)9-5-4-8(13)7-11(9)15/h2-7,15H,1H3. The van der Waals surface area contributed by atoms with E-state index in [9.17, 15) is 9.50 Å². The summed E-state index contributed by atoms with van der Waals surface area (Å²) in [4.78, 5) is 4.01. The molecule has 0 aliphatic heterocycles. The highest BCUT2D eigenvalue weighted by atomic mass is 19.1. The molecule has 0 radical (unpaired) electrons. The molecular weight excluding hydrogens is 209 g/mol. The number of phenolic OH excluding ortho intramolecular Hbond substituents is 1. The van der Waals surface area contributed by atoms with Crippen LogP contribution < -0.4 is 4.74 Å². The predicted molar refractivity (Wildman–Crippen MR) is 57.8 cm³/mol. The van der Waals surface area contributed by atoms with Gasteiger partial charge in [0.25, 0.3) is 0 Å². The van der Waals surface area contributed by atoms with E-state index in [2.05, 4.69) is 4.98 Å². The number of hydrogen-bond acceptors (Lipinski definition) is 3. The summed E-state index contributed by atoms with van der Waals surface area (Å²) >= 11 is 0. The number of halogens is 1. The van der Waals surface area contributed by atoms with Crippen molar-refractivity contribution < 1.29 is 14.2 Å². The quantitative estimate of drug-likeness (QED) is 0.844. The molecule has 0 spiro atoms. The predicted octanol–water partition coefficient (Wildman–Crippen LogP) is 2.60. The smallest absolute Gasteiger partial charge is 0.221 e. The van der Waals surface area contributed by atoms with Gasteiger partial charge in [-0.05, 0) is 24.3 Å². The van der Waals surface area contributed by atoms with Crippen LogP contribution >= 0.6 is 0 Å². The molecule has 1 aromatic heterocycles. The van der Waals surface area contributed by atoms with E-state index in [-0.39, 0.29) is 5.75 Å². The van der Waals surface area contributed by atoms with Crippen molar-refractivity contribution in [1.29, 1.82) is 0 Å². The third-order valence-corrected chi connectivity index (χ3v) is 2.21. The summed E-state index contributed by atoms with van der Waals surface area (Å²) in [5.74, 6) is -0.222. The number of aromatic hydroxyl groups is 1. The second kappa shape index (κ2) is 4.18. The van der Waals surface area contributed by atoms with Gasteiger partial charge < -0.3 is 9.84 Å². The van der Waals surface area contributed by atoms with Gasteiger partial charge in [0.05, 0.1) is 7.11 Å². The average Bonchev–Trinajstić information content (AvgIpc) is 2.29. The van der Waals surface area contributed by atoms with Gasteiger partial charge in [-0.2, -0.15) is 0 Å². The fourth-order valence-corrected chi connectivity index (χ4v) is 1.49. The van der Waals surface area contributed by atoms with Gasteiger partial charge in [0.1, 0.15) is 11.6 Å². The molecule has 0 saturated heterocycles. The molecule has 0 bridgehead atoms. The number of benzene rings is 1. The van der Waals surface area contributed by atoms with Crippen molar-refractivity contribution in [3.05, 3.63) is 42.3 Å². The van der Waals surface area contributed by atoms with E-state index in [1.54, 1.807) is 18.3 Å². The fourth-order valence-electron chi connectivity index (χ4n) is 1.49. The first-order valence-corrected chi connectivity index (χ1v) is 4.70. The minimum absolute atomic E-state index is 0.133. The van der Waals surface area contributed by atoms with Crippen molar-refractivity contribution in [3.63, 3.8) is 0 Å². The largest absolute Gasteiger partial charge is 0.507 e. The lowest BCUT2D eigenvalue weighted by Crippen LogP contribution is -1.91. The maximum atomic E-state index is 12.8. The van der Waals surface area contributed by atoms with Crippen molar-refractivity contribution in [2.75, 3.05) is 7.11 Å². The van der Waals surface area contributed by atoms with Crippen molar-refractivity contribution in [1.82, 2.24) is 4.98 Å². The molecule has 0 atom stereocenters. The Kier molecular flexibility index (Phi) is 2.72. The highest BCUT2D eigenvalue weighted by Crippen LogP contribution is 2.34. The van der Waals surface area contributed by atoms with Crippen molar-refractivity contribution in [2.45, 2.75) is 0 Å². The van der Waals surface area contributed by atoms with E-state index in [4.69, 9.17) is 4.74 Å². The minimum atomic E-state index is -0.482. The number of aromatic nitrogens is 1. The van der Waals surface area contributed by atoms with E-state index in [0.717, 1.165) is 6.07 Å². The second-order valence-corrected chi connectivity index (χ2v) is 3.22. The number of methoxy groups -OCH3 is 1. The summed E-state index contributed by atoms with van der Waals surface area (Å²) in [6, 6.07) is 7.30. The molecule has 1 N–H and O–H groups in total. The van der Waals surface area contributed by atoms with E-state index >= 15 is 0 Å². The van der Waals surface area contributed by atoms with Gasteiger partial charge in [-0.25, -0.2) is 9.37 Å². The molecule has 0 fully saturated rings. The first-order chi connectivity index (χ1) is 7.72. The molecule has 3 nitrogen and oxygen atoms in total. The normalized spacial score (nSPS) is 10.1. The van der Waals surface area contributed by atoms with Crippen LogP contribution in [-0.4, -0.2) is 17.2 Å². The lowest BCUT2D eigenvalue weighted by molar-refractivity contribution is 0.399. The Hall–Kier alpha value is -2.10. The number of nitrogens with zero attached hydrogens (tertiary/aromatic N) is 1. The van der Waals surface area contributed by atoms with E-state index < -0.39 is 5.82 Å². The van der Waals surface area contributed by atoms with Gasteiger partial charge in [0, 0.05) is 23.4 Å². The van der Waals surface area contributed by atoms with Crippen LogP contribution in [0.25, 0.3) is 11.1 Å². The van der Waals surface area contributed by atoms with Gasteiger partial charge in [0.15, 0.2) is 0 Å². The number of phenols is 1. The summed E-state index contributed by atoms with van der Waals surface area (Å²) < 4.78 is 17.9. The second-order valence-electron chi connectivity index (χ2n) is 3.22. The van der Waals surface area contributed by atoms with Crippen molar-refractivity contribution in [3.8, 4) is 22.8 Å². The molecule has 82 valence electrons. The number of hydrogen-bond donors (Lipinski definition) is 1. The third-order valence-electron chi connectivity index (χ3n) is 2.21. The van der Waals surface area contributed by atoms with Crippen molar-refractivity contribution >= 4 is 0 Å². The Labute approximate surface area is 92.1 Å². The SMILES string of the molecule is COc1ncccc1-c1ccc(F)cc1O. The van der Waals surface area contributed by atoms with Crippen molar-refractivity contribution in [2.24, 2.45) is 0 Å². The zero-order valence-electron chi connectivity index (χ0n) is 8.64. The molecule has 4 heteroatoms. The van der Waals surface area contributed by atoms with Crippen LogP contribution in [0, 0.1) is 5.82 Å². The van der Waals surface area contributed by atoms with Crippen LogP contribution in [0.3, 0.4) is 0 Å². The molecule has 0 amide bonds. The minimum Gasteiger partial charge on any atom is -0.507 e. The molecule has 2 rings (SSSR count). The average molecular weight is 219 g/mol. The molecule has 0 aliphatic rings. The lowest BCUT2D eigenvalue weighted by Gasteiger charge is -2.08. The molecule has 2 aromatic rings. The Bertz CT molecular complexity index is 514. The molecule has 0 unspecified atom stereocenters. The Morgan fingerprint density at radius 2 is 2.06 bits per heavy atom. The zero-order chi connectivity index (χ0) is 11.5. The van der Waals surface area contributed by atoms with E-state index in [1.807, 2.05) is 0 Å². The molecule has 1 heterocycles. The summed E-state index contributed by atoms with van der Waals surface area (Å²) in [6.07, 6.45) is 1.59. The molecule has 0 aliphatic carbocycles. The summed E-state index contributed by atoms with van der Waals surface area (Å²) in [5.41, 5.74) is 1.12. The van der Waals surface area contributed by atoms with Crippen LogP contribution in [0.4, 0.5) is 4.39 Å². The lowest BCUT2D eigenvalue weighted by atomic mass is 10.1. The maximum absolute atomic E-state index is 12.8. The van der Waals surface area contributed by atoms with Gasteiger partial charge in [-0.1, -0.05) is 0 Å². The number of rotatable bonds is 2. The topological polar surface area (TPSA) is 42.4 Å². The summed E-state index contributed by atoms with van der Waals surface area (Å²) in [5, 5.41) is 9.64. The highest BCUT2D eigenvalue weighted by Gasteiger charge is 2.10. The zero-order valence-corrected chi connectivity index (χ0v) is 8.64. The Morgan fingerprint density at radius 3 is 2.75 bits per heavy atom. The van der Waals surface area contributed by atoms with Gasteiger partial charge in [-0.3, -0.25) is 0 Å². The van der Waals surface area contributed by atoms with E-state index in [1.165, 1.54) is 19.2 Å². The fraction of sp³-hybridized carbons (Fsp3) is 0.0833. The molecular formula is C12H10FNO2. The van der Waals surface area contributed by atoms with Crippen LogP contribution in [0.5, 0.6) is 11.6 Å². The number of ether oxygens (including phenoxy) is 1. The Morgan fingerprint density at radius 1 is 1.25 bits per heavy atom. The third kappa shape index (κ3) is 1.82. The molecule has 1 aromatic carbocycles. The van der Waals surface area contributed by atoms with Gasteiger partial charge in [-0.15, -0.1) is 0 Å². The summed E-state index contributed by atoms with van der Waals surface area (Å²) in [7, 11) is 1.49. The molecule has 16 heavy (non-hydrogen) atoms. The van der Waals surface area contributed by atoms with Crippen LogP contribution in [0.1, 0.15) is 0 Å². The summed E-state index contributed by atoms with van der Waals surface area (Å²) in [6.45, 7) is 0. The van der Waals surface area contributed by atoms with E-state index in [0.29, 0.717) is 17.0 Å². The maximum Gasteiger partial charge on any atom is 0.221 e. The van der Waals surface area contributed by atoms with Crippen LogP contribution in [-0.2, 0) is 0 Å². The number of pyridine rings is 1. The Balaban J connectivity index is 2.58. The van der Waals surface area contributed by atoms with Crippen LogP contribution in [0.2, 0.25) is 0 Å². The highest BCUT2D eigenvalue weighted by molar-refractivity contribution is 5.73. The monoisotopic (exact) mass is 219 g/mol. The molecule has 0 saturated carbocycles. The first-order valence-electron chi connectivity index (χ1n) is 4.70. The van der Waals surface area contributed by atoms with Gasteiger partial charge >= 0.3 is 0 Å².